The van der Waals surface area contributed by atoms with Crippen molar-refractivity contribution < 1.29 is 0 Å². The Balaban J connectivity index is 1.54. The molecule has 0 saturated heterocycles. The summed E-state index contributed by atoms with van der Waals surface area (Å²) in [6.45, 7) is 0. The number of hydrogen-bond donors (Lipinski definition) is 0. The highest BCUT2D eigenvalue weighted by Crippen LogP contribution is 2.46. The van der Waals surface area contributed by atoms with Gasteiger partial charge in [0.15, 0.2) is 5.16 Å². The highest BCUT2D eigenvalue weighted by Gasteiger charge is 2.36. The fourth-order valence-corrected chi connectivity index (χ4v) is 4.30. The first-order valence-electron chi connectivity index (χ1n) is 7.24. The van der Waals surface area contributed by atoms with Gasteiger partial charge in [0.25, 0.3) is 0 Å². The van der Waals surface area contributed by atoms with Gasteiger partial charge in [-0.05, 0) is 43.4 Å². The standard InChI is InChI=1S/C15H15BrClN3S/c16-11-4-3-10(13(17)7-11)8-21-15-19-18-14(9-1-2-9)20(15)12-5-6-12/h3-4,7,9,12H,1-2,5-6,8H2. The average Bonchev–Trinajstić information content (AvgIpc) is 3.37. The van der Waals surface area contributed by atoms with Crippen LogP contribution in [0.15, 0.2) is 27.8 Å². The van der Waals surface area contributed by atoms with Crippen LogP contribution in [0.25, 0.3) is 0 Å². The number of halogens is 2. The lowest BCUT2D eigenvalue weighted by atomic mass is 10.2. The number of nitrogens with zero attached hydrogens (tertiary/aromatic N) is 3. The topological polar surface area (TPSA) is 30.7 Å². The molecule has 0 radical (unpaired) electrons. The zero-order chi connectivity index (χ0) is 14.4. The van der Waals surface area contributed by atoms with Gasteiger partial charge in [-0.25, -0.2) is 0 Å². The van der Waals surface area contributed by atoms with Crippen molar-refractivity contribution in [3.63, 3.8) is 0 Å². The van der Waals surface area contributed by atoms with Gasteiger partial charge in [-0.1, -0.05) is 45.4 Å². The Kier molecular flexibility index (Phi) is 3.76. The molecular weight excluding hydrogens is 370 g/mol. The Morgan fingerprint density at radius 1 is 1.24 bits per heavy atom. The summed E-state index contributed by atoms with van der Waals surface area (Å²) < 4.78 is 3.40. The third-order valence-electron chi connectivity index (χ3n) is 3.92. The molecule has 3 nitrogen and oxygen atoms in total. The van der Waals surface area contributed by atoms with Crippen molar-refractivity contribution in [2.45, 2.75) is 48.6 Å². The molecule has 0 aliphatic heterocycles. The lowest BCUT2D eigenvalue weighted by Gasteiger charge is -2.08. The molecule has 4 rings (SSSR count). The number of rotatable bonds is 5. The molecule has 21 heavy (non-hydrogen) atoms. The van der Waals surface area contributed by atoms with Gasteiger partial charge in [0.1, 0.15) is 5.82 Å². The van der Waals surface area contributed by atoms with E-state index in [4.69, 9.17) is 11.6 Å². The molecule has 0 unspecified atom stereocenters. The fourth-order valence-electron chi connectivity index (χ4n) is 2.46. The third-order valence-corrected chi connectivity index (χ3v) is 5.75. The van der Waals surface area contributed by atoms with E-state index < -0.39 is 0 Å². The summed E-state index contributed by atoms with van der Waals surface area (Å²) in [5, 5.41) is 10.7. The summed E-state index contributed by atoms with van der Waals surface area (Å²) in [4.78, 5) is 0. The second kappa shape index (κ2) is 5.60. The Hall–Kier alpha value is -0.520. The van der Waals surface area contributed by atoms with E-state index in [-0.39, 0.29) is 0 Å². The van der Waals surface area contributed by atoms with Crippen LogP contribution >= 0.6 is 39.3 Å². The molecule has 0 bridgehead atoms. The maximum absolute atomic E-state index is 6.29. The van der Waals surface area contributed by atoms with Crippen molar-refractivity contribution in [3.8, 4) is 0 Å². The molecule has 2 aliphatic carbocycles. The van der Waals surface area contributed by atoms with Crippen molar-refractivity contribution in [1.29, 1.82) is 0 Å². The van der Waals surface area contributed by atoms with E-state index in [9.17, 15) is 0 Å². The summed E-state index contributed by atoms with van der Waals surface area (Å²) in [6.07, 6.45) is 5.08. The van der Waals surface area contributed by atoms with Crippen LogP contribution in [0.3, 0.4) is 0 Å². The lowest BCUT2D eigenvalue weighted by Crippen LogP contribution is -2.02. The Morgan fingerprint density at radius 3 is 2.71 bits per heavy atom. The molecule has 1 heterocycles. The molecule has 1 aromatic heterocycles. The van der Waals surface area contributed by atoms with Gasteiger partial charge >= 0.3 is 0 Å². The molecule has 0 spiro atoms. The van der Waals surface area contributed by atoms with Gasteiger partial charge in [0.2, 0.25) is 0 Å². The smallest absolute Gasteiger partial charge is 0.191 e. The summed E-state index contributed by atoms with van der Waals surface area (Å²) in [5.41, 5.74) is 1.14. The molecule has 2 saturated carbocycles. The van der Waals surface area contributed by atoms with Crippen LogP contribution in [0, 0.1) is 0 Å². The maximum atomic E-state index is 6.29. The SMILES string of the molecule is Clc1cc(Br)ccc1CSc1nnc(C2CC2)n1C1CC1. The third kappa shape index (κ3) is 3.01. The van der Waals surface area contributed by atoms with Crippen LogP contribution < -0.4 is 0 Å². The van der Waals surface area contributed by atoms with Crippen molar-refractivity contribution >= 4 is 39.3 Å². The van der Waals surface area contributed by atoms with Crippen LogP contribution in [-0.2, 0) is 5.75 Å². The van der Waals surface area contributed by atoms with Gasteiger partial charge in [-0.15, -0.1) is 10.2 Å². The zero-order valence-electron chi connectivity index (χ0n) is 11.4. The quantitative estimate of drug-likeness (QED) is 0.664. The van der Waals surface area contributed by atoms with Crippen molar-refractivity contribution in [1.82, 2.24) is 14.8 Å². The fraction of sp³-hybridized carbons (Fsp3) is 0.467. The summed E-state index contributed by atoms with van der Waals surface area (Å²) >= 11 is 11.5. The van der Waals surface area contributed by atoms with E-state index in [1.54, 1.807) is 11.8 Å². The second-order valence-electron chi connectivity index (χ2n) is 5.74. The number of aromatic nitrogens is 3. The highest BCUT2D eigenvalue weighted by atomic mass is 79.9. The summed E-state index contributed by atoms with van der Waals surface area (Å²) in [7, 11) is 0. The van der Waals surface area contributed by atoms with Crippen LogP contribution in [0.4, 0.5) is 0 Å². The van der Waals surface area contributed by atoms with Gasteiger partial charge in [-0.2, -0.15) is 0 Å². The van der Waals surface area contributed by atoms with E-state index in [0.29, 0.717) is 12.0 Å². The first-order valence-corrected chi connectivity index (χ1v) is 9.39. The average molecular weight is 385 g/mol. The Labute approximate surface area is 141 Å². The van der Waals surface area contributed by atoms with Crippen LogP contribution in [-0.4, -0.2) is 14.8 Å². The minimum atomic E-state index is 0.637. The maximum Gasteiger partial charge on any atom is 0.191 e. The Bertz CT molecular complexity index is 680. The minimum Gasteiger partial charge on any atom is -0.303 e. The molecule has 2 fully saturated rings. The van der Waals surface area contributed by atoms with Crippen LogP contribution in [0.5, 0.6) is 0 Å². The minimum absolute atomic E-state index is 0.637. The molecule has 6 heteroatoms. The normalized spacial score (nSPS) is 18.2. The predicted octanol–water partition coefficient (Wildman–Crippen LogP) is 5.20. The van der Waals surface area contributed by atoms with E-state index in [2.05, 4.69) is 36.8 Å². The second-order valence-corrected chi connectivity index (χ2v) is 8.01. The van der Waals surface area contributed by atoms with Gasteiger partial charge < -0.3 is 4.57 Å². The summed E-state index contributed by atoms with van der Waals surface area (Å²) in [5.74, 6) is 2.70. The number of benzene rings is 1. The summed E-state index contributed by atoms with van der Waals surface area (Å²) in [6, 6.07) is 6.68. The Morgan fingerprint density at radius 2 is 2.05 bits per heavy atom. The molecule has 2 aromatic rings. The number of hydrogen-bond acceptors (Lipinski definition) is 3. The molecule has 110 valence electrons. The van der Waals surface area contributed by atoms with E-state index in [1.807, 2.05) is 12.1 Å². The van der Waals surface area contributed by atoms with E-state index >= 15 is 0 Å². The van der Waals surface area contributed by atoms with Crippen LogP contribution in [0.2, 0.25) is 5.02 Å². The molecule has 0 atom stereocenters. The van der Waals surface area contributed by atoms with Gasteiger partial charge in [0.05, 0.1) is 0 Å². The largest absolute Gasteiger partial charge is 0.303 e. The zero-order valence-corrected chi connectivity index (χ0v) is 14.6. The molecular formula is C15H15BrClN3S. The van der Waals surface area contributed by atoms with Crippen molar-refractivity contribution in [3.05, 3.63) is 39.1 Å². The van der Waals surface area contributed by atoms with Gasteiger partial charge in [-0.3, -0.25) is 0 Å². The molecule has 2 aliphatic rings. The first-order chi connectivity index (χ1) is 10.2. The monoisotopic (exact) mass is 383 g/mol. The number of thioether (sulfide) groups is 1. The van der Waals surface area contributed by atoms with E-state index in [1.165, 1.54) is 31.5 Å². The van der Waals surface area contributed by atoms with E-state index in [0.717, 1.165) is 26.0 Å². The predicted molar refractivity (Wildman–Crippen MR) is 89.0 cm³/mol. The van der Waals surface area contributed by atoms with Crippen molar-refractivity contribution in [2.24, 2.45) is 0 Å². The van der Waals surface area contributed by atoms with Crippen LogP contribution in [0.1, 0.15) is 49.0 Å². The molecule has 0 N–H and O–H groups in total. The highest BCUT2D eigenvalue weighted by molar-refractivity contribution is 9.10. The van der Waals surface area contributed by atoms with Gasteiger partial charge in [0, 0.05) is 27.2 Å². The first kappa shape index (κ1) is 14.1. The molecule has 1 aromatic carbocycles. The molecule has 0 amide bonds. The van der Waals surface area contributed by atoms with Crippen molar-refractivity contribution in [2.75, 3.05) is 0 Å². The lowest BCUT2D eigenvalue weighted by molar-refractivity contribution is 0.627.